The third-order valence-electron chi connectivity index (χ3n) is 10.2. The minimum Gasteiger partial charge on any atom is -0.454 e. The van der Waals surface area contributed by atoms with E-state index in [1.54, 1.807) is 17.0 Å². The Bertz CT molecular complexity index is 1530. The first kappa shape index (κ1) is 28.2. The second kappa shape index (κ2) is 10.6. The maximum absolute atomic E-state index is 14.4. The van der Waals surface area contributed by atoms with Gasteiger partial charge in [0.05, 0.1) is 17.9 Å². The zero-order valence-electron chi connectivity index (χ0n) is 24.5. The summed E-state index contributed by atoms with van der Waals surface area (Å²) in [5.41, 5.74) is 0.975. The Kier molecular flexibility index (Phi) is 6.93. The first-order valence-corrected chi connectivity index (χ1v) is 15.5. The molecular weight excluding hydrogens is 570 g/mol. The van der Waals surface area contributed by atoms with E-state index in [0.29, 0.717) is 34.0 Å². The van der Waals surface area contributed by atoms with Crippen LogP contribution in [-0.2, 0) is 25.7 Å². The van der Waals surface area contributed by atoms with Crippen LogP contribution in [-0.4, -0.2) is 53.2 Å². The van der Waals surface area contributed by atoms with E-state index in [-0.39, 0.29) is 37.1 Å². The quantitative estimate of drug-likeness (QED) is 0.466. The van der Waals surface area contributed by atoms with Crippen molar-refractivity contribution in [3.05, 3.63) is 64.7 Å². The molecular formula is C33H36ClN3O6. The number of fused-ring (bicyclic) bond motifs is 2. The lowest BCUT2D eigenvalue weighted by Crippen LogP contribution is -2.57. The Morgan fingerprint density at radius 1 is 1.07 bits per heavy atom. The van der Waals surface area contributed by atoms with Crippen LogP contribution in [0.25, 0.3) is 0 Å². The van der Waals surface area contributed by atoms with Crippen LogP contribution in [0.5, 0.6) is 11.5 Å². The highest BCUT2D eigenvalue weighted by atomic mass is 35.5. The van der Waals surface area contributed by atoms with Gasteiger partial charge in [0.15, 0.2) is 11.5 Å². The van der Waals surface area contributed by atoms with Gasteiger partial charge in [0.1, 0.15) is 11.6 Å². The van der Waals surface area contributed by atoms with E-state index in [1.165, 1.54) is 0 Å². The van der Waals surface area contributed by atoms with Crippen LogP contribution >= 0.6 is 11.6 Å². The van der Waals surface area contributed by atoms with Crippen molar-refractivity contribution in [3.63, 3.8) is 0 Å². The number of likely N-dealkylation sites (tertiary alicyclic amines) is 1. The summed E-state index contributed by atoms with van der Waals surface area (Å²) in [4.78, 5) is 44.0. The summed E-state index contributed by atoms with van der Waals surface area (Å²) in [5.74, 6) is -0.494. The van der Waals surface area contributed by atoms with E-state index < -0.39 is 29.6 Å². The highest BCUT2D eigenvalue weighted by Crippen LogP contribution is 2.55. The van der Waals surface area contributed by atoms with Crippen molar-refractivity contribution in [1.29, 1.82) is 0 Å². The molecule has 2 N–H and O–H groups in total. The fraction of sp³-hybridized carbons (Fsp3) is 0.485. The molecule has 2 saturated heterocycles. The Hall–Kier alpha value is -3.56. The predicted molar refractivity (Wildman–Crippen MR) is 160 cm³/mol. The minimum absolute atomic E-state index is 0.00200. The number of hydrogen-bond acceptors (Lipinski definition) is 6. The van der Waals surface area contributed by atoms with Gasteiger partial charge in [0, 0.05) is 23.3 Å². The van der Waals surface area contributed by atoms with Gasteiger partial charge in [-0.25, -0.2) is 0 Å². The van der Waals surface area contributed by atoms with E-state index in [9.17, 15) is 14.4 Å². The van der Waals surface area contributed by atoms with E-state index in [2.05, 4.69) is 24.5 Å². The zero-order valence-corrected chi connectivity index (χ0v) is 25.2. The molecule has 43 heavy (non-hydrogen) atoms. The van der Waals surface area contributed by atoms with Gasteiger partial charge in [0.25, 0.3) is 0 Å². The van der Waals surface area contributed by atoms with Crippen molar-refractivity contribution in [1.82, 2.24) is 10.2 Å². The van der Waals surface area contributed by atoms with Crippen LogP contribution in [0.4, 0.5) is 5.69 Å². The van der Waals surface area contributed by atoms with E-state index in [1.807, 2.05) is 43.3 Å². The first-order valence-electron chi connectivity index (χ1n) is 15.1. The number of aryl methyl sites for hydroxylation is 1. The van der Waals surface area contributed by atoms with Crippen LogP contribution in [0.15, 0.2) is 48.6 Å². The van der Waals surface area contributed by atoms with Gasteiger partial charge in [-0.1, -0.05) is 62.6 Å². The average Bonchev–Trinajstić information content (AvgIpc) is 3.74. The van der Waals surface area contributed by atoms with Crippen molar-refractivity contribution >= 4 is 35.0 Å². The summed E-state index contributed by atoms with van der Waals surface area (Å²) >= 11 is 6.31. The molecule has 2 aromatic carbocycles. The van der Waals surface area contributed by atoms with Crippen LogP contribution in [0.2, 0.25) is 5.02 Å². The van der Waals surface area contributed by atoms with Crippen molar-refractivity contribution < 1.29 is 28.6 Å². The third kappa shape index (κ3) is 4.59. The number of halogens is 1. The molecule has 1 saturated carbocycles. The summed E-state index contributed by atoms with van der Waals surface area (Å²) < 4.78 is 17.5. The van der Waals surface area contributed by atoms with E-state index in [4.69, 9.17) is 25.8 Å². The lowest BCUT2D eigenvalue weighted by molar-refractivity contribution is -0.142. The molecule has 9 nitrogen and oxygen atoms in total. The number of anilines is 1. The Morgan fingerprint density at radius 3 is 2.70 bits per heavy atom. The van der Waals surface area contributed by atoms with Gasteiger partial charge in [0.2, 0.25) is 24.5 Å². The summed E-state index contributed by atoms with van der Waals surface area (Å²) in [7, 11) is 0. The monoisotopic (exact) mass is 605 g/mol. The van der Waals surface area contributed by atoms with Crippen molar-refractivity contribution in [2.75, 3.05) is 12.1 Å². The van der Waals surface area contributed by atoms with Gasteiger partial charge >= 0.3 is 0 Å². The SMILES string of the molecule is Cc1ccc(NC(=O)C2C3C=CC4(O3)C2C(=O)N(Cc2ccc3c(c2)OCO3)C4C(=O)NC2CCCC(C)C2C)cc1Cl. The molecule has 7 rings (SSSR count). The Labute approximate surface area is 255 Å². The van der Waals surface area contributed by atoms with Crippen LogP contribution in [0.3, 0.4) is 0 Å². The molecule has 1 spiro atoms. The second-order valence-corrected chi connectivity index (χ2v) is 13.1. The molecule has 4 heterocycles. The fourth-order valence-electron chi connectivity index (χ4n) is 7.62. The number of nitrogens with zero attached hydrogens (tertiary/aromatic N) is 1. The van der Waals surface area contributed by atoms with Crippen molar-refractivity contribution in [2.24, 2.45) is 23.7 Å². The van der Waals surface area contributed by atoms with Gasteiger partial charge < -0.3 is 29.7 Å². The number of carbonyl (C=O) groups excluding carboxylic acids is 3. The summed E-state index contributed by atoms with van der Waals surface area (Å²) in [6, 6.07) is 9.88. The predicted octanol–water partition coefficient (Wildman–Crippen LogP) is 4.61. The van der Waals surface area contributed by atoms with Crippen LogP contribution < -0.4 is 20.1 Å². The molecule has 3 fully saturated rings. The van der Waals surface area contributed by atoms with E-state index >= 15 is 0 Å². The topological polar surface area (TPSA) is 106 Å². The van der Waals surface area contributed by atoms with Gasteiger partial charge in [-0.05, 0) is 60.6 Å². The molecule has 226 valence electrons. The molecule has 4 aliphatic heterocycles. The lowest BCUT2D eigenvalue weighted by Gasteiger charge is -2.38. The highest BCUT2D eigenvalue weighted by Gasteiger charge is 2.72. The number of hydrogen-bond donors (Lipinski definition) is 2. The minimum atomic E-state index is -1.25. The average molecular weight is 606 g/mol. The standard InChI is InChI=1S/C33H36ClN3O6/c1-17-5-4-6-23(19(17)3)36-31(39)29-33-12-11-25(43-33)27(30(38)35-21-9-7-18(2)22(34)14-21)28(33)32(40)37(29)15-20-8-10-24-26(13-20)42-16-41-24/h7-14,17,19,23,25,27-29H,4-6,15-16H2,1-3H3,(H,35,38)(H,36,39). The largest absolute Gasteiger partial charge is 0.454 e. The van der Waals surface area contributed by atoms with E-state index in [0.717, 1.165) is 30.4 Å². The summed E-state index contributed by atoms with van der Waals surface area (Å²) in [6.07, 6.45) is 6.11. The summed E-state index contributed by atoms with van der Waals surface area (Å²) in [6.45, 7) is 6.58. The molecule has 8 atom stereocenters. The lowest BCUT2D eigenvalue weighted by atomic mass is 9.73. The van der Waals surface area contributed by atoms with Gasteiger partial charge in [-0.3, -0.25) is 14.4 Å². The number of carbonyl (C=O) groups is 3. The van der Waals surface area contributed by atoms with Gasteiger partial charge in [-0.2, -0.15) is 0 Å². The van der Waals surface area contributed by atoms with Gasteiger partial charge in [-0.15, -0.1) is 0 Å². The Morgan fingerprint density at radius 2 is 1.88 bits per heavy atom. The highest BCUT2D eigenvalue weighted by molar-refractivity contribution is 6.31. The second-order valence-electron chi connectivity index (χ2n) is 12.7. The molecule has 2 bridgehead atoms. The summed E-state index contributed by atoms with van der Waals surface area (Å²) in [5, 5.41) is 6.77. The number of amides is 3. The zero-order chi connectivity index (χ0) is 30.0. The molecule has 8 unspecified atom stereocenters. The number of rotatable bonds is 6. The van der Waals surface area contributed by atoms with Crippen LogP contribution in [0.1, 0.15) is 44.2 Å². The molecule has 5 aliphatic rings. The molecule has 1 aliphatic carbocycles. The fourth-order valence-corrected chi connectivity index (χ4v) is 7.80. The molecule has 3 amide bonds. The van der Waals surface area contributed by atoms with Crippen molar-refractivity contribution in [2.45, 2.75) is 70.4 Å². The maximum Gasteiger partial charge on any atom is 0.246 e. The van der Waals surface area contributed by atoms with Crippen LogP contribution in [0, 0.1) is 30.6 Å². The maximum atomic E-state index is 14.4. The smallest absolute Gasteiger partial charge is 0.246 e. The number of benzene rings is 2. The number of nitrogens with one attached hydrogen (secondary N) is 2. The molecule has 0 radical (unpaired) electrons. The normalized spacial score (nSPS) is 33.5. The molecule has 10 heteroatoms. The van der Waals surface area contributed by atoms with Crippen molar-refractivity contribution in [3.8, 4) is 11.5 Å². The Balaban J connectivity index is 1.21. The molecule has 0 aromatic heterocycles. The third-order valence-corrected chi connectivity index (χ3v) is 10.6. The molecule has 2 aromatic rings. The first-order chi connectivity index (χ1) is 20.7. The number of ether oxygens (including phenoxy) is 3.